The molecule has 0 aromatic carbocycles. The van der Waals surface area contributed by atoms with Gasteiger partial charge in [-0.3, -0.25) is 4.79 Å². The molecule has 0 radical (unpaired) electrons. The maximum atomic E-state index is 12.4. The van der Waals surface area contributed by atoms with Crippen LogP contribution in [0, 0.1) is 6.92 Å². The summed E-state index contributed by atoms with van der Waals surface area (Å²) in [4.78, 5) is 15.4. The molecule has 0 aliphatic carbocycles. The first-order valence-corrected chi connectivity index (χ1v) is 7.69. The zero-order valence-electron chi connectivity index (χ0n) is 11.1. The van der Waals surface area contributed by atoms with Crippen LogP contribution >= 0.6 is 0 Å². The standard InChI is InChI=1S/C11H18N4O3S/c1-3-14-8-11(13-9(14)2)19(17,18)15-6-4-10(16)12-5-7-15/h8H,3-7H2,1-2H3,(H,12,16). The van der Waals surface area contributed by atoms with Gasteiger partial charge >= 0.3 is 0 Å². The molecule has 2 rings (SSSR count). The van der Waals surface area contributed by atoms with Gasteiger partial charge in [0.25, 0.3) is 10.0 Å². The van der Waals surface area contributed by atoms with Crippen molar-refractivity contribution >= 4 is 15.9 Å². The van der Waals surface area contributed by atoms with Gasteiger partial charge in [0.15, 0.2) is 5.03 Å². The minimum absolute atomic E-state index is 0.0567. The first kappa shape index (κ1) is 14.0. The van der Waals surface area contributed by atoms with Crippen LogP contribution < -0.4 is 5.32 Å². The highest BCUT2D eigenvalue weighted by molar-refractivity contribution is 7.89. The van der Waals surface area contributed by atoms with Crippen molar-refractivity contribution in [1.82, 2.24) is 19.2 Å². The largest absolute Gasteiger partial charge is 0.355 e. The predicted octanol–water partition coefficient (Wildman–Crippen LogP) is -0.278. The third-order valence-electron chi connectivity index (χ3n) is 3.17. The summed E-state index contributed by atoms with van der Waals surface area (Å²) in [6.45, 7) is 5.20. The van der Waals surface area contributed by atoms with Gasteiger partial charge in [-0.1, -0.05) is 0 Å². The molecule has 1 amide bonds. The Morgan fingerprint density at radius 3 is 2.79 bits per heavy atom. The van der Waals surface area contributed by atoms with Gasteiger partial charge in [-0.25, -0.2) is 13.4 Å². The number of imidazole rings is 1. The molecule has 1 aromatic rings. The maximum absolute atomic E-state index is 12.4. The molecule has 1 aromatic heterocycles. The van der Waals surface area contributed by atoms with E-state index in [-0.39, 0.29) is 30.4 Å². The van der Waals surface area contributed by atoms with E-state index in [9.17, 15) is 13.2 Å². The molecule has 0 spiro atoms. The minimum atomic E-state index is -3.61. The molecule has 7 nitrogen and oxygen atoms in total. The lowest BCUT2D eigenvalue weighted by Gasteiger charge is -2.17. The van der Waals surface area contributed by atoms with Crippen molar-refractivity contribution < 1.29 is 13.2 Å². The molecule has 1 aliphatic heterocycles. The van der Waals surface area contributed by atoms with E-state index in [2.05, 4.69) is 10.3 Å². The number of aryl methyl sites for hydroxylation is 2. The van der Waals surface area contributed by atoms with Crippen LogP contribution in [0.1, 0.15) is 19.2 Å². The van der Waals surface area contributed by atoms with Crippen molar-refractivity contribution in [2.75, 3.05) is 19.6 Å². The van der Waals surface area contributed by atoms with E-state index in [4.69, 9.17) is 0 Å². The van der Waals surface area contributed by atoms with E-state index in [0.29, 0.717) is 18.9 Å². The van der Waals surface area contributed by atoms with Gasteiger partial charge < -0.3 is 9.88 Å². The van der Waals surface area contributed by atoms with Crippen LogP contribution in [0.2, 0.25) is 0 Å². The lowest BCUT2D eigenvalue weighted by atomic mass is 10.4. The number of sulfonamides is 1. The molecular formula is C11H18N4O3S. The predicted molar refractivity (Wildman–Crippen MR) is 69.0 cm³/mol. The van der Waals surface area contributed by atoms with Crippen molar-refractivity contribution in [3.63, 3.8) is 0 Å². The number of amides is 1. The molecule has 1 N–H and O–H groups in total. The molecule has 0 bridgehead atoms. The van der Waals surface area contributed by atoms with E-state index in [1.54, 1.807) is 17.7 Å². The molecular weight excluding hydrogens is 268 g/mol. The summed E-state index contributed by atoms with van der Waals surface area (Å²) >= 11 is 0. The maximum Gasteiger partial charge on any atom is 0.262 e. The zero-order valence-corrected chi connectivity index (χ0v) is 11.9. The number of carbonyl (C=O) groups excluding carboxylic acids is 1. The molecule has 0 saturated carbocycles. The van der Waals surface area contributed by atoms with Crippen LogP contribution in [0.4, 0.5) is 0 Å². The van der Waals surface area contributed by atoms with E-state index >= 15 is 0 Å². The Morgan fingerprint density at radius 2 is 2.16 bits per heavy atom. The molecule has 19 heavy (non-hydrogen) atoms. The van der Waals surface area contributed by atoms with E-state index in [0.717, 1.165) is 0 Å². The lowest BCUT2D eigenvalue weighted by molar-refractivity contribution is -0.120. The van der Waals surface area contributed by atoms with Gasteiger partial charge in [-0.15, -0.1) is 0 Å². The normalized spacial score (nSPS) is 18.1. The highest BCUT2D eigenvalue weighted by atomic mass is 32.2. The summed E-state index contributed by atoms with van der Waals surface area (Å²) in [6.07, 6.45) is 1.73. The smallest absolute Gasteiger partial charge is 0.262 e. The number of nitrogens with one attached hydrogen (secondary N) is 1. The Balaban J connectivity index is 2.28. The van der Waals surface area contributed by atoms with Crippen molar-refractivity contribution in [1.29, 1.82) is 0 Å². The Bertz CT molecular complexity index is 579. The average molecular weight is 286 g/mol. The summed E-state index contributed by atoms with van der Waals surface area (Å²) in [5.74, 6) is 0.554. The summed E-state index contributed by atoms with van der Waals surface area (Å²) in [7, 11) is -3.61. The SMILES string of the molecule is CCn1cc(S(=O)(=O)N2CCNC(=O)CC2)nc1C. The third kappa shape index (κ3) is 2.79. The summed E-state index contributed by atoms with van der Waals surface area (Å²) in [5, 5.41) is 2.71. The van der Waals surface area contributed by atoms with Gasteiger partial charge in [0, 0.05) is 38.8 Å². The number of carbonyl (C=O) groups is 1. The Labute approximate surface area is 112 Å². The second-order valence-electron chi connectivity index (χ2n) is 4.42. The molecule has 0 unspecified atom stereocenters. The molecule has 8 heteroatoms. The van der Waals surface area contributed by atoms with E-state index in [1.807, 2.05) is 6.92 Å². The second kappa shape index (κ2) is 5.30. The van der Waals surface area contributed by atoms with Gasteiger partial charge in [0.05, 0.1) is 0 Å². The molecule has 1 fully saturated rings. The van der Waals surface area contributed by atoms with E-state index in [1.165, 1.54) is 4.31 Å². The van der Waals surface area contributed by atoms with Gasteiger partial charge in [0.2, 0.25) is 5.91 Å². The quantitative estimate of drug-likeness (QED) is 0.828. The van der Waals surface area contributed by atoms with Crippen LogP contribution in [-0.2, 0) is 21.4 Å². The fourth-order valence-electron chi connectivity index (χ4n) is 2.04. The van der Waals surface area contributed by atoms with Crippen LogP contribution in [0.3, 0.4) is 0 Å². The first-order chi connectivity index (χ1) is 8.95. The van der Waals surface area contributed by atoms with Crippen LogP contribution in [0.5, 0.6) is 0 Å². The Morgan fingerprint density at radius 1 is 1.42 bits per heavy atom. The van der Waals surface area contributed by atoms with Crippen LogP contribution in [0.25, 0.3) is 0 Å². The number of hydrogen-bond donors (Lipinski definition) is 1. The fourth-order valence-corrected chi connectivity index (χ4v) is 3.48. The monoisotopic (exact) mass is 286 g/mol. The summed E-state index contributed by atoms with van der Waals surface area (Å²) < 4.78 is 28.0. The lowest BCUT2D eigenvalue weighted by Crippen LogP contribution is -2.34. The second-order valence-corrected chi connectivity index (χ2v) is 6.30. The number of aromatic nitrogens is 2. The zero-order chi connectivity index (χ0) is 14.0. The molecule has 1 aliphatic rings. The van der Waals surface area contributed by atoms with Crippen molar-refractivity contribution in [2.24, 2.45) is 0 Å². The van der Waals surface area contributed by atoms with Gasteiger partial charge in [-0.2, -0.15) is 4.31 Å². The minimum Gasteiger partial charge on any atom is -0.355 e. The Kier molecular flexibility index (Phi) is 3.91. The third-order valence-corrected chi connectivity index (χ3v) is 4.94. The summed E-state index contributed by atoms with van der Waals surface area (Å²) in [6, 6.07) is 0. The number of hydrogen-bond acceptors (Lipinski definition) is 4. The molecule has 1 saturated heterocycles. The van der Waals surface area contributed by atoms with Crippen LogP contribution in [-0.4, -0.2) is 47.8 Å². The van der Waals surface area contributed by atoms with Crippen molar-refractivity contribution in [3.05, 3.63) is 12.0 Å². The molecule has 2 heterocycles. The topological polar surface area (TPSA) is 84.3 Å². The molecule has 106 valence electrons. The Hall–Kier alpha value is -1.41. The average Bonchev–Trinajstić information content (AvgIpc) is 2.60. The fraction of sp³-hybridized carbons (Fsp3) is 0.636. The number of nitrogens with zero attached hydrogens (tertiary/aromatic N) is 3. The highest BCUT2D eigenvalue weighted by Gasteiger charge is 2.29. The van der Waals surface area contributed by atoms with Gasteiger partial charge in [-0.05, 0) is 13.8 Å². The van der Waals surface area contributed by atoms with E-state index < -0.39 is 10.0 Å². The summed E-state index contributed by atoms with van der Waals surface area (Å²) in [5.41, 5.74) is 0. The van der Waals surface area contributed by atoms with Crippen LogP contribution in [0.15, 0.2) is 11.2 Å². The first-order valence-electron chi connectivity index (χ1n) is 6.25. The van der Waals surface area contributed by atoms with Gasteiger partial charge in [0.1, 0.15) is 5.82 Å². The molecule has 0 atom stereocenters. The number of rotatable bonds is 3. The highest BCUT2D eigenvalue weighted by Crippen LogP contribution is 2.16. The van der Waals surface area contributed by atoms with Crippen molar-refractivity contribution in [3.8, 4) is 0 Å². The van der Waals surface area contributed by atoms with Crippen molar-refractivity contribution in [2.45, 2.75) is 31.8 Å².